The molecule has 0 saturated carbocycles. The topological polar surface area (TPSA) is 30.2 Å². The lowest BCUT2D eigenvalue weighted by molar-refractivity contribution is 0.242. The van der Waals surface area contributed by atoms with E-state index >= 15 is 0 Å². The van der Waals surface area contributed by atoms with Crippen LogP contribution < -0.4 is 0 Å². The van der Waals surface area contributed by atoms with Crippen molar-refractivity contribution in [2.45, 2.75) is 33.7 Å². The maximum atomic E-state index is 4.51. The number of nitrogens with zero attached hydrogens (tertiary/aromatic N) is 3. The molecule has 0 radical (unpaired) electrons. The number of aromatic nitrogens is 2. The van der Waals surface area contributed by atoms with Crippen LogP contribution in [0.4, 0.5) is 0 Å². The van der Waals surface area contributed by atoms with Gasteiger partial charge >= 0.3 is 0 Å². The highest BCUT2D eigenvalue weighted by Crippen LogP contribution is 2.35. The van der Waals surface area contributed by atoms with Crippen molar-refractivity contribution in [1.82, 2.24) is 9.55 Å². The van der Waals surface area contributed by atoms with Gasteiger partial charge < -0.3 is 4.57 Å². The van der Waals surface area contributed by atoms with Crippen molar-refractivity contribution in [2.24, 2.45) is 10.4 Å². The number of rotatable bonds is 0. The number of hydrogen-bond acceptors (Lipinski definition) is 2. The summed E-state index contributed by atoms with van der Waals surface area (Å²) in [6, 6.07) is 0.425. The maximum absolute atomic E-state index is 4.51. The Hall–Kier alpha value is -0.390. The number of hydrogen-bond donors (Lipinski definition) is 0. The van der Waals surface area contributed by atoms with Crippen LogP contribution in [0.3, 0.4) is 0 Å². The van der Waals surface area contributed by atoms with Crippen molar-refractivity contribution in [3.63, 3.8) is 0 Å². The Morgan fingerprint density at radius 2 is 2.13 bits per heavy atom. The van der Waals surface area contributed by atoms with Gasteiger partial charge in [-0.05, 0) is 34.9 Å². The zero-order valence-corrected chi connectivity index (χ0v) is 11.7. The lowest BCUT2D eigenvalue weighted by atomic mass is 9.86. The molecule has 0 spiro atoms. The van der Waals surface area contributed by atoms with Crippen LogP contribution in [-0.2, 0) is 0 Å². The fourth-order valence-corrected chi connectivity index (χ4v) is 2.77. The van der Waals surface area contributed by atoms with Crippen LogP contribution in [0.2, 0.25) is 0 Å². The average molecular weight is 317 g/mol. The minimum atomic E-state index is 0.223. The van der Waals surface area contributed by atoms with Crippen LogP contribution in [0.5, 0.6) is 0 Å². The molecule has 0 N–H and O–H groups in total. The van der Waals surface area contributed by atoms with Crippen molar-refractivity contribution in [3.05, 3.63) is 15.2 Å². The first-order chi connectivity index (χ1) is 6.91. The molecule has 3 nitrogen and oxygen atoms in total. The Balaban J connectivity index is 2.56. The lowest BCUT2D eigenvalue weighted by Gasteiger charge is -2.34. The standard InChI is InChI=1S/C11H16IN3/c1-7-14-10(12)8-5-13-6-9(15(7)8)11(2,3)4/h5,9H,6H2,1-4H3. The predicted octanol–water partition coefficient (Wildman–Crippen LogP) is 2.82. The van der Waals surface area contributed by atoms with E-state index in [-0.39, 0.29) is 5.41 Å². The molecular weight excluding hydrogens is 301 g/mol. The molecule has 0 aromatic carbocycles. The molecule has 0 fully saturated rings. The Labute approximate surface area is 104 Å². The van der Waals surface area contributed by atoms with Crippen LogP contribution in [-0.4, -0.2) is 22.3 Å². The third kappa shape index (κ3) is 1.84. The minimum Gasteiger partial charge on any atom is -0.321 e. The van der Waals surface area contributed by atoms with Gasteiger partial charge in [0.2, 0.25) is 0 Å². The maximum Gasteiger partial charge on any atom is 0.128 e. The molecule has 1 aliphatic rings. The van der Waals surface area contributed by atoms with Crippen molar-refractivity contribution in [2.75, 3.05) is 6.54 Å². The summed E-state index contributed by atoms with van der Waals surface area (Å²) in [6.45, 7) is 9.71. The quantitative estimate of drug-likeness (QED) is 0.677. The molecule has 1 aromatic heterocycles. The summed E-state index contributed by atoms with van der Waals surface area (Å²) in [5.41, 5.74) is 1.39. The molecule has 1 atom stereocenters. The molecule has 1 aliphatic heterocycles. The van der Waals surface area contributed by atoms with Crippen LogP contribution in [0.25, 0.3) is 0 Å². The van der Waals surface area contributed by atoms with E-state index in [2.05, 4.69) is 64.8 Å². The molecule has 0 amide bonds. The van der Waals surface area contributed by atoms with Gasteiger partial charge in [0.05, 0.1) is 18.3 Å². The molecule has 1 unspecified atom stereocenters. The SMILES string of the molecule is Cc1nc(I)c2n1C(C(C)(C)C)CN=C2. The third-order valence-electron chi connectivity index (χ3n) is 2.88. The largest absolute Gasteiger partial charge is 0.321 e. The fourth-order valence-electron chi connectivity index (χ4n) is 2.02. The average Bonchev–Trinajstić information content (AvgIpc) is 2.41. The second-order valence-corrected chi connectivity index (χ2v) is 6.10. The van der Waals surface area contributed by atoms with E-state index in [1.165, 1.54) is 5.69 Å². The molecule has 4 heteroatoms. The molecule has 2 heterocycles. The van der Waals surface area contributed by atoms with Crippen LogP contribution in [0.15, 0.2) is 4.99 Å². The van der Waals surface area contributed by atoms with Gasteiger partial charge in [-0.2, -0.15) is 0 Å². The summed E-state index contributed by atoms with van der Waals surface area (Å²) in [6.07, 6.45) is 1.95. The summed E-state index contributed by atoms with van der Waals surface area (Å²) >= 11 is 2.28. The molecule has 2 rings (SSSR count). The molecule has 1 aromatic rings. The van der Waals surface area contributed by atoms with Gasteiger partial charge in [0.15, 0.2) is 0 Å². The summed E-state index contributed by atoms with van der Waals surface area (Å²) in [5, 5.41) is 0. The van der Waals surface area contributed by atoms with Crippen LogP contribution >= 0.6 is 22.6 Å². The van der Waals surface area contributed by atoms with Crippen molar-refractivity contribution in [1.29, 1.82) is 0 Å². The monoisotopic (exact) mass is 317 g/mol. The normalized spacial score (nSPS) is 20.5. The number of imidazole rings is 1. The smallest absolute Gasteiger partial charge is 0.128 e. The van der Waals surface area contributed by atoms with E-state index in [4.69, 9.17) is 0 Å². The number of halogens is 1. The van der Waals surface area contributed by atoms with Gasteiger partial charge in [-0.3, -0.25) is 4.99 Å². The summed E-state index contributed by atoms with van der Waals surface area (Å²) in [4.78, 5) is 8.96. The van der Waals surface area contributed by atoms with Crippen LogP contribution in [0.1, 0.15) is 38.3 Å². The van der Waals surface area contributed by atoms with Crippen molar-refractivity contribution < 1.29 is 0 Å². The Kier molecular flexibility index (Phi) is 2.65. The van der Waals surface area contributed by atoms with Gasteiger partial charge in [-0.1, -0.05) is 20.8 Å². The van der Waals surface area contributed by atoms with Crippen molar-refractivity contribution >= 4 is 28.8 Å². The predicted molar refractivity (Wildman–Crippen MR) is 70.6 cm³/mol. The van der Waals surface area contributed by atoms with E-state index in [0.717, 1.165) is 16.1 Å². The Bertz CT molecular complexity index is 412. The van der Waals surface area contributed by atoms with Gasteiger partial charge in [-0.25, -0.2) is 4.98 Å². The van der Waals surface area contributed by atoms with Gasteiger partial charge in [0.25, 0.3) is 0 Å². The molecule has 82 valence electrons. The summed E-state index contributed by atoms with van der Waals surface area (Å²) in [5.74, 6) is 1.10. The first-order valence-corrected chi connectivity index (χ1v) is 6.23. The molecule has 0 bridgehead atoms. The highest BCUT2D eigenvalue weighted by atomic mass is 127. The molecule has 0 aliphatic carbocycles. The van der Waals surface area contributed by atoms with E-state index in [1.54, 1.807) is 0 Å². The van der Waals surface area contributed by atoms with Gasteiger partial charge in [0.1, 0.15) is 9.53 Å². The second kappa shape index (κ2) is 3.57. The number of aliphatic imine (C=N–C) groups is 1. The van der Waals surface area contributed by atoms with Crippen LogP contribution in [0, 0.1) is 16.0 Å². The first-order valence-electron chi connectivity index (χ1n) is 5.15. The van der Waals surface area contributed by atoms with E-state index in [1.807, 2.05) is 6.21 Å². The molecule has 15 heavy (non-hydrogen) atoms. The third-order valence-corrected chi connectivity index (χ3v) is 3.68. The zero-order chi connectivity index (χ0) is 11.2. The number of fused-ring (bicyclic) bond motifs is 1. The Morgan fingerprint density at radius 3 is 2.73 bits per heavy atom. The van der Waals surface area contributed by atoms with E-state index in [0.29, 0.717) is 6.04 Å². The fraction of sp³-hybridized carbons (Fsp3) is 0.636. The lowest BCUT2D eigenvalue weighted by Crippen LogP contribution is -2.31. The second-order valence-electron chi connectivity index (χ2n) is 5.08. The molecular formula is C11H16IN3. The highest BCUT2D eigenvalue weighted by Gasteiger charge is 2.31. The summed E-state index contributed by atoms with van der Waals surface area (Å²) < 4.78 is 3.39. The minimum absolute atomic E-state index is 0.223. The Morgan fingerprint density at radius 1 is 1.47 bits per heavy atom. The highest BCUT2D eigenvalue weighted by molar-refractivity contribution is 14.1. The van der Waals surface area contributed by atoms with Crippen molar-refractivity contribution in [3.8, 4) is 0 Å². The van der Waals surface area contributed by atoms with Gasteiger partial charge in [0, 0.05) is 6.21 Å². The molecule has 0 saturated heterocycles. The first kappa shape index (κ1) is 11.1. The summed E-state index contributed by atoms with van der Waals surface area (Å²) in [7, 11) is 0. The number of aryl methyl sites for hydroxylation is 1. The van der Waals surface area contributed by atoms with E-state index in [9.17, 15) is 0 Å². The van der Waals surface area contributed by atoms with E-state index < -0.39 is 0 Å². The van der Waals surface area contributed by atoms with Gasteiger partial charge in [-0.15, -0.1) is 0 Å². The zero-order valence-electron chi connectivity index (χ0n) is 9.58.